The summed E-state index contributed by atoms with van der Waals surface area (Å²) in [5.41, 5.74) is 1.86. The summed E-state index contributed by atoms with van der Waals surface area (Å²) in [5, 5.41) is 0. The Morgan fingerprint density at radius 1 is 1.32 bits per heavy atom. The smallest absolute Gasteiger partial charge is 0.244 e. The van der Waals surface area contributed by atoms with Crippen molar-refractivity contribution in [3.05, 3.63) is 23.3 Å². The monoisotopic (exact) mass is 326 g/mol. The van der Waals surface area contributed by atoms with Gasteiger partial charge in [0.1, 0.15) is 10.6 Å². The number of aryl methyl sites for hydroxylation is 2. The second kappa shape index (κ2) is 6.26. The molecule has 1 saturated heterocycles. The first-order valence-electron chi connectivity index (χ1n) is 7.17. The van der Waals surface area contributed by atoms with Gasteiger partial charge in [0.15, 0.2) is 0 Å². The molecule has 122 valence electrons. The molecule has 0 bridgehead atoms. The minimum atomic E-state index is -3.69. The lowest BCUT2D eigenvalue weighted by atomic mass is 10.1. The Balaban J connectivity index is 2.25. The van der Waals surface area contributed by atoms with E-state index in [2.05, 4.69) is 4.72 Å². The fourth-order valence-corrected chi connectivity index (χ4v) is 4.06. The summed E-state index contributed by atoms with van der Waals surface area (Å²) >= 11 is 0. The van der Waals surface area contributed by atoms with Crippen LogP contribution in [0.5, 0.6) is 5.75 Å². The van der Waals surface area contributed by atoms with E-state index in [0.29, 0.717) is 25.3 Å². The van der Waals surface area contributed by atoms with Crippen LogP contribution in [0.3, 0.4) is 0 Å². The first-order chi connectivity index (χ1) is 10.2. The Hall–Kier alpha value is -1.60. The molecule has 0 aromatic heterocycles. The van der Waals surface area contributed by atoms with Crippen LogP contribution in [0.2, 0.25) is 0 Å². The summed E-state index contributed by atoms with van der Waals surface area (Å²) < 4.78 is 33.1. The van der Waals surface area contributed by atoms with E-state index in [1.807, 2.05) is 13.8 Å². The molecule has 1 N–H and O–H groups in total. The van der Waals surface area contributed by atoms with Gasteiger partial charge in [0.05, 0.1) is 7.11 Å². The molecule has 0 radical (unpaired) electrons. The summed E-state index contributed by atoms with van der Waals surface area (Å²) in [6, 6.07) is 3.08. The zero-order chi connectivity index (χ0) is 16.5. The fourth-order valence-electron chi connectivity index (χ4n) is 2.56. The highest BCUT2D eigenvalue weighted by atomic mass is 32.2. The molecule has 0 aliphatic carbocycles. The van der Waals surface area contributed by atoms with E-state index < -0.39 is 10.0 Å². The zero-order valence-corrected chi connectivity index (χ0v) is 14.2. The number of amides is 1. The van der Waals surface area contributed by atoms with E-state index in [0.717, 1.165) is 11.1 Å². The minimum Gasteiger partial charge on any atom is -0.495 e. The third kappa shape index (κ3) is 3.41. The molecule has 1 aliphatic rings. The van der Waals surface area contributed by atoms with Crippen molar-refractivity contribution in [2.45, 2.75) is 38.1 Å². The molecule has 1 atom stereocenters. The molecule has 1 fully saturated rings. The van der Waals surface area contributed by atoms with Crippen LogP contribution in [0, 0.1) is 13.8 Å². The molecule has 1 heterocycles. The van der Waals surface area contributed by atoms with Crippen LogP contribution < -0.4 is 9.46 Å². The second-order valence-electron chi connectivity index (χ2n) is 5.66. The standard InChI is InChI=1S/C15H22N2O4S/c1-10-7-14(21-4)15(8-11(10)2)22(19,20)16-13-5-6-17(9-13)12(3)18/h7-8,13,16H,5-6,9H2,1-4H3. The van der Waals surface area contributed by atoms with Gasteiger partial charge in [-0.15, -0.1) is 0 Å². The normalized spacial score (nSPS) is 18.5. The Labute approximate surface area is 131 Å². The highest BCUT2D eigenvalue weighted by molar-refractivity contribution is 7.89. The number of benzene rings is 1. The van der Waals surface area contributed by atoms with Gasteiger partial charge in [-0.1, -0.05) is 0 Å². The van der Waals surface area contributed by atoms with Gasteiger partial charge in [0.25, 0.3) is 0 Å². The van der Waals surface area contributed by atoms with Crippen molar-refractivity contribution in [3.8, 4) is 5.75 Å². The average Bonchev–Trinajstić information content (AvgIpc) is 2.89. The summed E-state index contributed by atoms with van der Waals surface area (Å²) in [6.45, 7) is 6.24. The maximum absolute atomic E-state index is 12.6. The van der Waals surface area contributed by atoms with E-state index in [4.69, 9.17) is 4.74 Å². The Bertz CT molecular complexity index is 685. The topological polar surface area (TPSA) is 75.7 Å². The second-order valence-corrected chi connectivity index (χ2v) is 7.34. The molecule has 1 aromatic rings. The largest absolute Gasteiger partial charge is 0.495 e. The minimum absolute atomic E-state index is 0.0366. The van der Waals surface area contributed by atoms with Crippen LogP contribution in [0.15, 0.2) is 17.0 Å². The van der Waals surface area contributed by atoms with Crippen molar-refractivity contribution < 1.29 is 17.9 Å². The summed E-state index contributed by atoms with van der Waals surface area (Å²) in [4.78, 5) is 13.1. The quantitative estimate of drug-likeness (QED) is 0.902. The predicted molar refractivity (Wildman–Crippen MR) is 83.4 cm³/mol. The molecular formula is C15H22N2O4S. The maximum Gasteiger partial charge on any atom is 0.244 e. The van der Waals surface area contributed by atoms with Crippen LogP contribution in [-0.2, 0) is 14.8 Å². The van der Waals surface area contributed by atoms with E-state index in [1.54, 1.807) is 17.0 Å². The first-order valence-corrected chi connectivity index (χ1v) is 8.66. The van der Waals surface area contributed by atoms with Crippen molar-refractivity contribution in [1.82, 2.24) is 9.62 Å². The molecule has 1 amide bonds. The van der Waals surface area contributed by atoms with Crippen LogP contribution >= 0.6 is 0 Å². The third-order valence-electron chi connectivity index (χ3n) is 4.02. The SMILES string of the molecule is COc1cc(C)c(C)cc1S(=O)(=O)NC1CCN(C(C)=O)C1. The van der Waals surface area contributed by atoms with Gasteiger partial charge in [-0.05, 0) is 43.5 Å². The number of carbonyl (C=O) groups excluding carboxylic acids is 1. The fraction of sp³-hybridized carbons (Fsp3) is 0.533. The molecule has 0 spiro atoms. The van der Waals surface area contributed by atoms with Crippen LogP contribution in [0.4, 0.5) is 0 Å². The van der Waals surface area contributed by atoms with Crippen molar-refractivity contribution in [3.63, 3.8) is 0 Å². The van der Waals surface area contributed by atoms with Gasteiger partial charge in [-0.3, -0.25) is 4.79 Å². The number of rotatable bonds is 4. The van der Waals surface area contributed by atoms with Crippen LogP contribution in [-0.4, -0.2) is 45.5 Å². The number of likely N-dealkylation sites (tertiary alicyclic amines) is 1. The summed E-state index contributed by atoms with van der Waals surface area (Å²) in [7, 11) is -2.23. The number of sulfonamides is 1. The summed E-state index contributed by atoms with van der Waals surface area (Å²) in [5.74, 6) is 0.294. The number of hydrogen-bond donors (Lipinski definition) is 1. The van der Waals surface area contributed by atoms with Crippen LogP contribution in [0.25, 0.3) is 0 Å². The number of nitrogens with one attached hydrogen (secondary N) is 1. The van der Waals surface area contributed by atoms with Crippen LogP contribution in [0.1, 0.15) is 24.5 Å². The Morgan fingerprint density at radius 3 is 2.50 bits per heavy atom. The lowest BCUT2D eigenvalue weighted by molar-refractivity contribution is -0.127. The van der Waals surface area contributed by atoms with Gasteiger partial charge in [-0.25, -0.2) is 13.1 Å². The number of hydrogen-bond acceptors (Lipinski definition) is 4. The molecular weight excluding hydrogens is 304 g/mol. The predicted octanol–water partition coefficient (Wildman–Crippen LogP) is 1.21. The van der Waals surface area contributed by atoms with Gasteiger partial charge in [-0.2, -0.15) is 0 Å². The molecule has 1 unspecified atom stereocenters. The van der Waals surface area contributed by atoms with E-state index >= 15 is 0 Å². The first kappa shape index (κ1) is 16.8. The van der Waals surface area contributed by atoms with Gasteiger partial charge in [0, 0.05) is 26.1 Å². The number of methoxy groups -OCH3 is 1. The highest BCUT2D eigenvalue weighted by Crippen LogP contribution is 2.27. The molecule has 0 saturated carbocycles. The lowest BCUT2D eigenvalue weighted by Crippen LogP contribution is -2.38. The summed E-state index contributed by atoms with van der Waals surface area (Å²) in [6.07, 6.45) is 0.617. The van der Waals surface area contributed by atoms with Crippen molar-refractivity contribution in [1.29, 1.82) is 0 Å². The number of nitrogens with zero attached hydrogens (tertiary/aromatic N) is 1. The Morgan fingerprint density at radius 2 is 1.95 bits per heavy atom. The molecule has 7 heteroatoms. The average molecular weight is 326 g/mol. The third-order valence-corrected chi connectivity index (χ3v) is 5.57. The zero-order valence-electron chi connectivity index (χ0n) is 13.3. The van der Waals surface area contributed by atoms with Crippen molar-refractivity contribution >= 4 is 15.9 Å². The Kier molecular flexibility index (Phi) is 4.77. The molecule has 2 rings (SSSR count). The van der Waals surface area contributed by atoms with E-state index in [-0.39, 0.29) is 16.8 Å². The van der Waals surface area contributed by atoms with E-state index in [1.165, 1.54) is 14.0 Å². The van der Waals surface area contributed by atoms with Gasteiger partial charge >= 0.3 is 0 Å². The van der Waals surface area contributed by atoms with Crippen molar-refractivity contribution in [2.24, 2.45) is 0 Å². The lowest BCUT2D eigenvalue weighted by Gasteiger charge is -2.17. The van der Waals surface area contributed by atoms with Gasteiger partial charge < -0.3 is 9.64 Å². The molecule has 22 heavy (non-hydrogen) atoms. The number of ether oxygens (including phenoxy) is 1. The molecule has 6 nitrogen and oxygen atoms in total. The highest BCUT2D eigenvalue weighted by Gasteiger charge is 2.30. The van der Waals surface area contributed by atoms with Crippen molar-refractivity contribution in [2.75, 3.05) is 20.2 Å². The van der Waals surface area contributed by atoms with Gasteiger partial charge in [0.2, 0.25) is 15.9 Å². The molecule has 1 aromatic carbocycles. The molecule has 1 aliphatic heterocycles. The van der Waals surface area contributed by atoms with E-state index in [9.17, 15) is 13.2 Å². The maximum atomic E-state index is 12.6. The number of carbonyl (C=O) groups is 1.